The van der Waals surface area contributed by atoms with Crippen molar-refractivity contribution in [3.05, 3.63) is 88.8 Å². The van der Waals surface area contributed by atoms with Crippen LogP contribution in [0.15, 0.2) is 57.6 Å². The van der Waals surface area contributed by atoms with Gasteiger partial charge in [0.2, 0.25) is 11.5 Å². The Bertz CT molecular complexity index is 1720. The number of Topliss-reactive ketones (excluding diaryl/α,β-unsaturated/α-hetero) is 1. The van der Waals surface area contributed by atoms with Crippen LogP contribution in [-0.2, 0) is 22.0 Å². The number of nitrogens with zero attached hydrogens (tertiary/aromatic N) is 2. The third-order valence-electron chi connectivity index (χ3n) is 6.47. The van der Waals surface area contributed by atoms with Crippen molar-refractivity contribution < 1.29 is 33.1 Å². The number of rotatable bonds is 5. The number of nitrogen functional groups attached to an aromatic ring is 2. The van der Waals surface area contributed by atoms with E-state index in [1.165, 1.54) is 12.3 Å². The van der Waals surface area contributed by atoms with Crippen LogP contribution >= 0.6 is 0 Å². The Morgan fingerprint density at radius 1 is 0.792 bits per heavy atom. The highest BCUT2D eigenvalue weighted by atomic mass is 16.6. The van der Waals surface area contributed by atoms with E-state index in [4.69, 9.17) is 30.1 Å². The van der Waals surface area contributed by atoms with E-state index < -0.39 is 17.7 Å². The molecule has 0 fully saturated rings. The summed E-state index contributed by atoms with van der Waals surface area (Å²) in [5.74, 6) is 0.798. The number of nitrogens with two attached hydrogens (primary N) is 2. The summed E-state index contributed by atoms with van der Waals surface area (Å²) in [6.07, 6.45) is 2.95. The van der Waals surface area contributed by atoms with E-state index in [1.807, 2.05) is 54.5 Å². The molecule has 4 aromatic heterocycles. The number of aryl methyl sites for hydroxylation is 2. The van der Waals surface area contributed by atoms with E-state index in [2.05, 4.69) is 15.3 Å². The number of carboxylic acids is 1. The standard InChI is InChI=1S/C16H20N2O2.C11H17N3O2.C9H12O3/c1-10-12(17)7-11(9-18-10)8-13(19)14-5-6-15(20-14)16(2,3)4;1-7-9(5-8(12)6-13-7)14-10(15)16-11(2,3)4;1-9(2,3)7-5-4-6(12-7)8(10)11/h5-7,9H,8,17H2,1-4H3;5-6H,12H2,1-4H3,(H,14,15);4-5H,1-3H3,(H,10,11). The summed E-state index contributed by atoms with van der Waals surface area (Å²) in [7, 11) is 0. The van der Waals surface area contributed by atoms with Crippen LogP contribution in [0.3, 0.4) is 0 Å². The fraction of sp³-hybridized carbons (Fsp3) is 0.417. The minimum atomic E-state index is -1.02. The van der Waals surface area contributed by atoms with Crippen molar-refractivity contribution in [1.29, 1.82) is 0 Å². The molecule has 0 saturated heterocycles. The van der Waals surface area contributed by atoms with Gasteiger partial charge in [0, 0.05) is 23.4 Å². The smallest absolute Gasteiger partial charge is 0.412 e. The lowest BCUT2D eigenvalue weighted by Crippen LogP contribution is -2.27. The Labute approximate surface area is 282 Å². The zero-order chi connectivity index (χ0) is 36.6. The summed E-state index contributed by atoms with van der Waals surface area (Å²) >= 11 is 0. The summed E-state index contributed by atoms with van der Waals surface area (Å²) in [6, 6.07) is 10.2. The lowest BCUT2D eigenvalue weighted by atomic mass is 9.94. The second-order valence-electron chi connectivity index (χ2n) is 14.3. The number of hydrogen-bond donors (Lipinski definition) is 4. The first-order valence-corrected chi connectivity index (χ1v) is 15.4. The van der Waals surface area contributed by atoms with Gasteiger partial charge in [0.25, 0.3) is 0 Å². The molecule has 0 radical (unpaired) electrons. The monoisotopic (exact) mass is 663 g/mol. The highest BCUT2D eigenvalue weighted by Crippen LogP contribution is 2.26. The maximum atomic E-state index is 12.2. The fourth-order valence-electron chi connectivity index (χ4n) is 3.80. The molecule has 4 aromatic rings. The molecule has 0 bridgehead atoms. The van der Waals surface area contributed by atoms with Crippen molar-refractivity contribution in [2.75, 3.05) is 16.8 Å². The molecule has 1 amide bonds. The quantitative estimate of drug-likeness (QED) is 0.152. The van der Waals surface area contributed by atoms with Crippen LogP contribution in [0.25, 0.3) is 0 Å². The second-order valence-corrected chi connectivity index (χ2v) is 14.3. The van der Waals surface area contributed by atoms with Crippen molar-refractivity contribution in [3.8, 4) is 0 Å². The van der Waals surface area contributed by atoms with E-state index in [-0.39, 0.29) is 28.8 Å². The van der Waals surface area contributed by atoms with Crippen molar-refractivity contribution in [1.82, 2.24) is 9.97 Å². The molecular weight excluding hydrogens is 614 g/mol. The van der Waals surface area contributed by atoms with Gasteiger partial charge in [-0.25, -0.2) is 9.59 Å². The normalized spacial score (nSPS) is 11.4. The number of furan rings is 2. The van der Waals surface area contributed by atoms with Crippen LogP contribution in [0, 0.1) is 13.8 Å². The topological polar surface area (TPSA) is 197 Å². The Morgan fingerprint density at radius 3 is 1.77 bits per heavy atom. The van der Waals surface area contributed by atoms with Gasteiger partial charge in [-0.1, -0.05) is 41.5 Å². The highest BCUT2D eigenvalue weighted by Gasteiger charge is 2.22. The van der Waals surface area contributed by atoms with Gasteiger partial charge in [-0.2, -0.15) is 0 Å². The number of aromatic nitrogens is 2. The van der Waals surface area contributed by atoms with Gasteiger partial charge >= 0.3 is 12.1 Å². The molecular formula is C36H49N5O7. The second kappa shape index (κ2) is 15.6. The molecule has 0 spiro atoms. The van der Waals surface area contributed by atoms with Gasteiger partial charge in [-0.15, -0.1) is 0 Å². The van der Waals surface area contributed by atoms with Crippen LogP contribution in [0.5, 0.6) is 0 Å². The van der Waals surface area contributed by atoms with Crippen LogP contribution in [-0.4, -0.2) is 38.5 Å². The van der Waals surface area contributed by atoms with E-state index in [9.17, 15) is 14.4 Å². The van der Waals surface area contributed by atoms with Crippen LogP contribution in [0.2, 0.25) is 0 Å². The number of pyridine rings is 2. The van der Waals surface area contributed by atoms with Crippen molar-refractivity contribution in [2.45, 2.75) is 99.0 Å². The molecule has 48 heavy (non-hydrogen) atoms. The molecule has 0 saturated carbocycles. The molecule has 260 valence electrons. The Hall–Kier alpha value is -5.13. The number of carbonyl (C=O) groups excluding carboxylic acids is 2. The van der Waals surface area contributed by atoms with E-state index in [0.29, 0.717) is 34.3 Å². The molecule has 6 N–H and O–H groups in total. The average molecular weight is 664 g/mol. The van der Waals surface area contributed by atoms with Gasteiger partial charge in [0.15, 0.2) is 5.76 Å². The number of anilines is 3. The molecule has 0 aliphatic heterocycles. The molecule has 0 unspecified atom stereocenters. The number of aromatic carboxylic acids is 1. The molecule has 0 aliphatic rings. The number of amides is 1. The maximum absolute atomic E-state index is 12.2. The lowest BCUT2D eigenvalue weighted by Gasteiger charge is -2.20. The summed E-state index contributed by atoms with van der Waals surface area (Å²) in [5.41, 5.74) is 14.5. The molecule has 0 aliphatic carbocycles. The average Bonchev–Trinajstić information content (AvgIpc) is 3.64. The number of hydrogen-bond acceptors (Lipinski definition) is 10. The molecule has 4 rings (SSSR count). The number of ketones is 1. The molecule has 4 heterocycles. The number of carbonyl (C=O) groups is 3. The minimum Gasteiger partial charge on any atom is -0.475 e. The zero-order valence-electron chi connectivity index (χ0n) is 29.8. The van der Waals surface area contributed by atoms with Gasteiger partial charge in [-0.05, 0) is 76.6 Å². The Kier molecular flexibility index (Phi) is 12.7. The highest BCUT2D eigenvalue weighted by molar-refractivity contribution is 5.95. The summed E-state index contributed by atoms with van der Waals surface area (Å²) < 4.78 is 15.9. The fourth-order valence-corrected chi connectivity index (χ4v) is 3.80. The van der Waals surface area contributed by atoms with Crippen molar-refractivity contribution in [2.24, 2.45) is 0 Å². The van der Waals surface area contributed by atoms with Crippen LogP contribution in [0.4, 0.5) is 21.9 Å². The lowest BCUT2D eigenvalue weighted by molar-refractivity contribution is 0.0631. The number of ether oxygens (including phenoxy) is 1. The maximum Gasteiger partial charge on any atom is 0.412 e. The van der Waals surface area contributed by atoms with Gasteiger partial charge in [0.1, 0.15) is 17.1 Å². The summed E-state index contributed by atoms with van der Waals surface area (Å²) in [4.78, 5) is 42.3. The molecule has 0 aromatic carbocycles. The van der Waals surface area contributed by atoms with Gasteiger partial charge < -0.3 is 30.1 Å². The third-order valence-corrected chi connectivity index (χ3v) is 6.47. The van der Waals surface area contributed by atoms with Gasteiger partial charge in [0.05, 0.1) is 34.6 Å². The SMILES string of the molecule is CC(C)(C)c1ccc(C(=O)O)o1.Cc1ncc(CC(=O)c2ccc(C(C)(C)C)o2)cc1N.Cc1ncc(N)cc1NC(=O)OC(C)(C)C. The first-order valence-electron chi connectivity index (χ1n) is 15.4. The largest absolute Gasteiger partial charge is 0.475 e. The first kappa shape index (κ1) is 39.1. The molecule has 12 nitrogen and oxygen atoms in total. The van der Waals surface area contributed by atoms with Crippen LogP contribution in [0.1, 0.15) is 112 Å². The van der Waals surface area contributed by atoms with Gasteiger partial charge in [-0.3, -0.25) is 20.1 Å². The summed E-state index contributed by atoms with van der Waals surface area (Å²) in [5, 5.41) is 11.2. The zero-order valence-corrected chi connectivity index (χ0v) is 29.8. The van der Waals surface area contributed by atoms with Crippen molar-refractivity contribution in [3.63, 3.8) is 0 Å². The minimum absolute atomic E-state index is 0.0000694. The van der Waals surface area contributed by atoms with E-state index in [0.717, 1.165) is 17.0 Å². The Balaban J connectivity index is 0.000000259. The van der Waals surface area contributed by atoms with E-state index in [1.54, 1.807) is 58.2 Å². The molecule has 12 heteroatoms. The Morgan fingerprint density at radius 2 is 1.31 bits per heavy atom. The predicted octanol–water partition coefficient (Wildman–Crippen LogP) is 7.88. The third kappa shape index (κ3) is 12.6. The van der Waals surface area contributed by atoms with E-state index >= 15 is 0 Å². The first-order chi connectivity index (χ1) is 22.0. The number of nitrogens with one attached hydrogen (secondary N) is 1. The number of carboxylic acid groups (broad SMARTS) is 1. The predicted molar refractivity (Wildman–Crippen MR) is 186 cm³/mol. The summed E-state index contributed by atoms with van der Waals surface area (Å²) in [6.45, 7) is 21.1. The van der Waals surface area contributed by atoms with Crippen LogP contribution < -0.4 is 16.8 Å². The van der Waals surface area contributed by atoms with Crippen molar-refractivity contribution >= 4 is 34.9 Å². The molecule has 0 atom stereocenters.